The van der Waals surface area contributed by atoms with Gasteiger partial charge in [0, 0.05) is 37.6 Å². The van der Waals surface area contributed by atoms with E-state index in [2.05, 4.69) is 66.6 Å². The van der Waals surface area contributed by atoms with Crippen molar-refractivity contribution in [2.45, 2.75) is 39.5 Å². The molecule has 2 aromatic rings. The normalized spacial score (nSPS) is 16.2. The van der Waals surface area contributed by atoms with Gasteiger partial charge in [0.25, 0.3) is 0 Å². The highest BCUT2D eigenvalue weighted by Crippen LogP contribution is 2.34. The van der Waals surface area contributed by atoms with E-state index in [0.717, 1.165) is 18.7 Å². The van der Waals surface area contributed by atoms with Gasteiger partial charge < -0.3 is 9.80 Å². The molecule has 0 amide bonds. The van der Waals surface area contributed by atoms with Crippen LogP contribution in [0, 0.1) is 0 Å². The van der Waals surface area contributed by atoms with Crippen molar-refractivity contribution < 1.29 is 0 Å². The summed E-state index contributed by atoms with van der Waals surface area (Å²) < 4.78 is 0. The van der Waals surface area contributed by atoms with Crippen molar-refractivity contribution in [3.63, 3.8) is 0 Å². The lowest BCUT2D eigenvalue weighted by Crippen LogP contribution is -2.29. The van der Waals surface area contributed by atoms with Gasteiger partial charge in [-0.1, -0.05) is 18.7 Å². The predicted molar refractivity (Wildman–Crippen MR) is 113 cm³/mol. The van der Waals surface area contributed by atoms with Crippen molar-refractivity contribution in [1.82, 2.24) is 0 Å². The minimum atomic E-state index is 1.09. The van der Waals surface area contributed by atoms with Crippen molar-refractivity contribution in [3.8, 4) is 0 Å². The van der Waals surface area contributed by atoms with Crippen LogP contribution in [0.25, 0.3) is 5.57 Å². The number of aryl methyl sites for hydroxylation is 2. The highest BCUT2D eigenvalue weighted by molar-refractivity contribution is 5.81. The molecular formula is C24H30N2. The Balaban J connectivity index is 1.64. The summed E-state index contributed by atoms with van der Waals surface area (Å²) in [6.07, 6.45) is 4.87. The fraction of sp³-hybridized carbons (Fsp3) is 0.417. The number of hydrogen-bond acceptors (Lipinski definition) is 2. The van der Waals surface area contributed by atoms with Gasteiger partial charge in [-0.2, -0.15) is 0 Å². The zero-order chi connectivity index (χ0) is 18.1. The van der Waals surface area contributed by atoms with Gasteiger partial charge in [0.2, 0.25) is 0 Å². The average Bonchev–Trinajstić information content (AvgIpc) is 2.71. The predicted octanol–water partition coefficient (Wildman–Crippen LogP) is 5.29. The van der Waals surface area contributed by atoms with Crippen molar-refractivity contribution >= 4 is 16.9 Å². The molecule has 2 nitrogen and oxygen atoms in total. The molecule has 0 spiro atoms. The van der Waals surface area contributed by atoms with Crippen molar-refractivity contribution in [3.05, 3.63) is 65.2 Å². The van der Waals surface area contributed by atoms with Gasteiger partial charge in [0.05, 0.1) is 0 Å². The summed E-state index contributed by atoms with van der Waals surface area (Å²) in [6, 6.07) is 13.9. The minimum Gasteiger partial charge on any atom is -0.372 e. The van der Waals surface area contributed by atoms with E-state index in [-0.39, 0.29) is 0 Å². The molecule has 0 unspecified atom stereocenters. The average molecular weight is 347 g/mol. The number of rotatable bonds is 4. The molecule has 0 aromatic heterocycles. The second kappa shape index (κ2) is 7.19. The molecule has 0 saturated heterocycles. The number of anilines is 2. The van der Waals surface area contributed by atoms with Gasteiger partial charge in [-0.05, 0) is 91.6 Å². The standard InChI is InChI=1S/C24H30N2/c1-4-25-14-6-8-21-16-19(10-12-23(21)25)18(3)20-11-13-24-22(17-20)9-7-15-26(24)5-2/h10-13,16-17H,3-9,14-15H2,1-2H3. The zero-order valence-corrected chi connectivity index (χ0v) is 16.2. The summed E-state index contributed by atoms with van der Waals surface area (Å²) in [4.78, 5) is 4.98. The van der Waals surface area contributed by atoms with Gasteiger partial charge in [-0.15, -0.1) is 0 Å². The van der Waals surface area contributed by atoms with Crippen LogP contribution in [0.1, 0.15) is 48.9 Å². The van der Waals surface area contributed by atoms with E-state index in [1.807, 2.05) is 0 Å². The molecule has 0 N–H and O–H groups in total. The Morgan fingerprint density at radius 2 is 1.27 bits per heavy atom. The van der Waals surface area contributed by atoms with Crippen LogP contribution in [0.3, 0.4) is 0 Å². The maximum absolute atomic E-state index is 4.44. The Bertz CT molecular complexity index is 753. The minimum absolute atomic E-state index is 1.09. The molecule has 136 valence electrons. The summed E-state index contributed by atoms with van der Waals surface area (Å²) in [5.41, 5.74) is 9.48. The Labute approximate surface area is 158 Å². The molecule has 2 aliphatic heterocycles. The highest BCUT2D eigenvalue weighted by Gasteiger charge is 2.18. The zero-order valence-electron chi connectivity index (χ0n) is 16.2. The summed E-state index contributed by atoms with van der Waals surface area (Å²) in [6.45, 7) is 13.5. The van der Waals surface area contributed by atoms with E-state index in [9.17, 15) is 0 Å². The molecule has 0 saturated carbocycles. The van der Waals surface area contributed by atoms with Crippen LogP contribution in [0.2, 0.25) is 0 Å². The Morgan fingerprint density at radius 1 is 0.808 bits per heavy atom. The van der Waals surface area contributed by atoms with Gasteiger partial charge in [-0.25, -0.2) is 0 Å². The summed E-state index contributed by atoms with van der Waals surface area (Å²) >= 11 is 0. The third-order valence-corrected chi connectivity index (χ3v) is 6.05. The molecule has 26 heavy (non-hydrogen) atoms. The van der Waals surface area contributed by atoms with Crippen LogP contribution >= 0.6 is 0 Å². The van der Waals surface area contributed by atoms with E-state index in [1.54, 1.807) is 0 Å². The summed E-state index contributed by atoms with van der Waals surface area (Å²) in [5.74, 6) is 0. The topological polar surface area (TPSA) is 6.48 Å². The first-order chi connectivity index (χ1) is 12.7. The van der Waals surface area contributed by atoms with E-state index in [4.69, 9.17) is 0 Å². The Morgan fingerprint density at radius 3 is 1.69 bits per heavy atom. The van der Waals surface area contributed by atoms with E-state index < -0.39 is 0 Å². The molecule has 0 radical (unpaired) electrons. The van der Waals surface area contributed by atoms with Gasteiger partial charge in [-0.3, -0.25) is 0 Å². The summed E-state index contributed by atoms with van der Waals surface area (Å²) in [5, 5.41) is 0. The maximum atomic E-state index is 4.44. The van der Waals surface area contributed by atoms with Crippen molar-refractivity contribution in [2.24, 2.45) is 0 Å². The molecule has 0 bridgehead atoms. The number of hydrogen-bond donors (Lipinski definition) is 0. The lowest BCUT2D eigenvalue weighted by Gasteiger charge is -2.31. The molecule has 2 aromatic carbocycles. The molecule has 0 atom stereocenters. The number of nitrogens with zero attached hydrogens (tertiary/aromatic N) is 2. The van der Waals surface area contributed by atoms with Gasteiger partial charge in [0.1, 0.15) is 0 Å². The van der Waals surface area contributed by atoms with E-state index in [0.29, 0.717) is 0 Å². The molecule has 2 aliphatic rings. The van der Waals surface area contributed by atoms with Crippen LogP contribution < -0.4 is 9.80 Å². The van der Waals surface area contributed by atoms with Crippen LogP contribution in [0.5, 0.6) is 0 Å². The smallest absolute Gasteiger partial charge is 0.0399 e. The maximum Gasteiger partial charge on any atom is 0.0399 e. The number of fused-ring (bicyclic) bond motifs is 2. The second-order valence-corrected chi connectivity index (χ2v) is 7.53. The third-order valence-electron chi connectivity index (χ3n) is 6.05. The first-order valence-corrected chi connectivity index (χ1v) is 10.2. The SMILES string of the molecule is C=C(c1ccc2c(c1)CCCN2CC)c1ccc2c(c1)CCCN2CC. The van der Waals surface area contributed by atoms with Crippen LogP contribution in [-0.4, -0.2) is 26.2 Å². The van der Waals surface area contributed by atoms with Crippen molar-refractivity contribution in [1.29, 1.82) is 0 Å². The molecule has 4 rings (SSSR count). The fourth-order valence-electron chi connectivity index (χ4n) is 4.55. The first-order valence-electron chi connectivity index (χ1n) is 10.2. The highest BCUT2D eigenvalue weighted by atomic mass is 15.1. The molecule has 0 fully saturated rings. The first kappa shape index (κ1) is 17.2. The molecular weight excluding hydrogens is 316 g/mol. The van der Waals surface area contributed by atoms with Gasteiger partial charge >= 0.3 is 0 Å². The summed E-state index contributed by atoms with van der Waals surface area (Å²) in [7, 11) is 0. The van der Waals surface area contributed by atoms with E-state index in [1.165, 1.54) is 72.4 Å². The molecule has 2 heteroatoms. The monoisotopic (exact) mass is 346 g/mol. The quantitative estimate of drug-likeness (QED) is 0.742. The van der Waals surface area contributed by atoms with E-state index >= 15 is 0 Å². The number of benzene rings is 2. The third kappa shape index (κ3) is 3.02. The Hall–Kier alpha value is -2.22. The lowest BCUT2D eigenvalue weighted by atomic mass is 9.91. The second-order valence-electron chi connectivity index (χ2n) is 7.53. The molecule has 0 aliphatic carbocycles. The van der Waals surface area contributed by atoms with Crippen LogP contribution in [0.4, 0.5) is 11.4 Å². The largest absolute Gasteiger partial charge is 0.372 e. The fourth-order valence-corrected chi connectivity index (χ4v) is 4.55. The van der Waals surface area contributed by atoms with Gasteiger partial charge in [0.15, 0.2) is 0 Å². The van der Waals surface area contributed by atoms with Crippen LogP contribution in [-0.2, 0) is 12.8 Å². The Kier molecular flexibility index (Phi) is 4.76. The van der Waals surface area contributed by atoms with Crippen LogP contribution in [0.15, 0.2) is 43.0 Å². The lowest BCUT2D eigenvalue weighted by molar-refractivity contribution is 0.707. The van der Waals surface area contributed by atoms with Crippen molar-refractivity contribution in [2.75, 3.05) is 36.0 Å². The molecule has 2 heterocycles.